The highest BCUT2D eigenvalue weighted by Gasteiger charge is 1.80. The van der Waals surface area contributed by atoms with Gasteiger partial charge in [-0.05, 0) is 12.1 Å². The lowest BCUT2D eigenvalue weighted by molar-refractivity contribution is -0.191. The Morgan fingerprint density at radius 3 is 1.91 bits per heavy atom. The number of benzene rings is 1. The van der Waals surface area contributed by atoms with Gasteiger partial charge in [0.25, 0.3) is 0 Å². The Bertz CT molecular complexity index is 212. The molecular weight excluding hydrogens is 144 g/mol. The number of para-hydroxylation sites is 1. The summed E-state index contributed by atoms with van der Waals surface area (Å²) in [5.74, 6) is 0.910. The summed E-state index contributed by atoms with van der Waals surface area (Å²) in [6.45, 7) is 0. The second-order valence-corrected chi connectivity index (χ2v) is 1.60. The number of rotatable bonds is 1. The van der Waals surface area contributed by atoms with Crippen LogP contribution in [-0.4, -0.2) is 13.3 Å². The summed E-state index contributed by atoms with van der Waals surface area (Å²) in [6.07, 6.45) is 0.250. The molecular formula is C8H8O3. The SMILES string of the molecule is COc1ccccc1.O=C=O. The van der Waals surface area contributed by atoms with Crippen LogP contribution in [0.25, 0.3) is 0 Å². The van der Waals surface area contributed by atoms with Crippen LogP contribution in [0.15, 0.2) is 30.3 Å². The highest BCUT2D eigenvalue weighted by atomic mass is 16.5. The van der Waals surface area contributed by atoms with Gasteiger partial charge in [0.1, 0.15) is 5.75 Å². The maximum atomic E-state index is 8.12. The highest BCUT2D eigenvalue weighted by Crippen LogP contribution is 2.05. The van der Waals surface area contributed by atoms with Crippen LogP contribution in [0.4, 0.5) is 0 Å². The third-order valence-corrected chi connectivity index (χ3v) is 0.979. The standard InChI is InChI=1S/C7H8O.CO2/c1-8-7-5-3-2-4-6-7;2-1-3/h2-6H,1H3;. The van der Waals surface area contributed by atoms with E-state index in [1.54, 1.807) is 7.11 Å². The third-order valence-electron chi connectivity index (χ3n) is 0.979. The van der Waals surface area contributed by atoms with E-state index in [0.29, 0.717) is 0 Å². The van der Waals surface area contributed by atoms with Gasteiger partial charge in [-0.2, -0.15) is 9.59 Å². The second-order valence-electron chi connectivity index (χ2n) is 1.60. The molecule has 0 heterocycles. The lowest BCUT2D eigenvalue weighted by Gasteiger charge is -1.93. The number of methoxy groups -OCH3 is 1. The molecule has 1 aromatic carbocycles. The van der Waals surface area contributed by atoms with Crippen molar-refractivity contribution in [2.45, 2.75) is 0 Å². The van der Waals surface area contributed by atoms with Crippen molar-refractivity contribution in [1.82, 2.24) is 0 Å². The van der Waals surface area contributed by atoms with Crippen LogP contribution < -0.4 is 4.74 Å². The zero-order valence-electron chi connectivity index (χ0n) is 6.11. The van der Waals surface area contributed by atoms with Crippen LogP contribution in [-0.2, 0) is 9.59 Å². The zero-order valence-corrected chi connectivity index (χ0v) is 6.11. The fraction of sp³-hybridized carbons (Fsp3) is 0.125. The minimum Gasteiger partial charge on any atom is -0.497 e. The van der Waals surface area contributed by atoms with Gasteiger partial charge in [0.2, 0.25) is 0 Å². The largest absolute Gasteiger partial charge is 0.497 e. The van der Waals surface area contributed by atoms with Gasteiger partial charge in [0, 0.05) is 0 Å². The zero-order chi connectivity index (χ0) is 8.53. The first kappa shape index (κ1) is 9.40. The van der Waals surface area contributed by atoms with E-state index in [9.17, 15) is 0 Å². The van der Waals surface area contributed by atoms with Gasteiger partial charge in [0.15, 0.2) is 0 Å². The van der Waals surface area contributed by atoms with Crippen LogP contribution >= 0.6 is 0 Å². The first-order valence-electron chi connectivity index (χ1n) is 2.93. The molecule has 58 valence electrons. The Morgan fingerprint density at radius 1 is 1.18 bits per heavy atom. The second kappa shape index (κ2) is 6.52. The molecule has 0 aliphatic carbocycles. The summed E-state index contributed by atoms with van der Waals surface area (Å²) >= 11 is 0. The summed E-state index contributed by atoms with van der Waals surface area (Å²) in [4.78, 5) is 16.2. The average molecular weight is 152 g/mol. The Morgan fingerprint density at radius 2 is 1.64 bits per heavy atom. The average Bonchev–Trinajstić information content (AvgIpc) is 2.08. The smallest absolute Gasteiger partial charge is 0.373 e. The minimum atomic E-state index is 0.250. The van der Waals surface area contributed by atoms with Crippen LogP contribution in [0.3, 0.4) is 0 Å². The maximum Gasteiger partial charge on any atom is 0.373 e. The van der Waals surface area contributed by atoms with Gasteiger partial charge in [-0.3, -0.25) is 0 Å². The molecule has 0 N–H and O–H groups in total. The van der Waals surface area contributed by atoms with Gasteiger partial charge in [0.05, 0.1) is 7.11 Å². The molecule has 0 radical (unpaired) electrons. The Balaban J connectivity index is 0.000000292. The van der Waals surface area contributed by atoms with Crippen molar-refractivity contribution >= 4 is 6.15 Å². The van der Waals surface area contributed by atoms with E-state index >= 15 is 0 Å². The predicted molar refractivity (Wildman–Crippen MR) is 38.0 cm³/mol. The van der Waals surface area contributed by atoms with Gasteiger partial charge in [-0.1, -0.05) is 18.2 Å². The molecule has 3 heteroatoms. The Kier molecular flexibility index (Phi) is 5.57. The fourth-order valence-corrected chi connectivity index (χ4v) is 0.557. The highest BCUT2D eigenvalue weighted by molar-refractivity contribution is 5.20. The predicted octanol–water partition coefficient (Wildman–Crippen LogP) is 1.11. The molecule has 0 bridgehead atoms. The number of carbonyl (C=O) groups excluding carboxylic acids is 2. The van der Waals surface area contributed by atoms with E-state index < -0.39 is 0 Å². The van der Waals surface area contributed by atoms with Gasteiger partial charge < -0.3 is 4.74 Å². The lowest BCUT2D eigenvalue weighted by atomic mass is 10.3. The van der Waals surface area contributed by atoms with Crippen molar-refractivity contribution < 1.29 is 14.3 Å². The van der Waals surface area contributed by atoms with E-state index in [-0.39, 0.29) is 6.15 Å². The molecule has 0 saturated carbocycles. The summed E-state index contributed by atoms with van der Waals surface area (Å²) < 4.78 is 4.91. The summed E-state index contributed by atoms with van der Waals surface area (Å²) in [5.41, 5.74) is 0. The number of ether oxygens (including phenoxy) is 1. The molecule has 1 rings (SSSR count). The summed E-state index contributed by atoms with van der Waals surface area (Å²) in [5, 5.41) is 0. The lowest BCUT2D eigenvalue weighted by Crippen LogP contribution is -1.78. The molecule has 0 amide bonds. The van der Waals surface area contributed by atoms with Crippen molar-refractivity contribution in [2.75, 3.05) is 7.11 Å². The molecule has 0 saturated heterocycles. The molecule has 0 aromatic heterocycles. The molecule has 0 unspecified atom stereocenters. The van der Waals surface area contributed by atoms with Crippen molar-refractivity contribution in [2.24, 2.45) is 0 Å². The topological polar surface area (TPSA) is 43.4 Å². The summed E-state index contributed by atoms with van der Waals surface area (Å²) in [7, 11) is 1.66. The summed E-state index contributed by atoms with van der Waals surface area (Å²) in [6, 6.07) is 9.68. The van der Waals surface area contributed by atoms with Gasteiger partial charge >= 0.3 is 6.15 Å². The van der Waals surface area contributed by atoms with Crippen molar-refractivity contribution in [3.05, 3.63) is 30.3 Å². The van der Waals surface area contributed by atoms with Crippen LogP contribution in [0, 0.1) is 0 Å². The molecule has 11 heavy (non-hydrogen) atoms. The number of hydrogen-bond donors (Lipinski definition) is 0. The van der Waals surface area contributed by atoms with Crippen LogP contribution in [0.5, 0.6) is 5.75 Å². The normalized spacial score (nSPS) is 7.00. The molecule has 0 spiro atoms. The number of hydrogen-bond acceptors (Lipinski definition) is 3. The van der Waals surface area contributed by atoms with Gasteiger partial charge in [-0.25, -0.2) is 0 Å². The molecule has 0 atom stereocenters. The fourth-order valence-electron chi connectivity index (χ4n) is 0.557. The van der Waals surface area contributed by atoms with Crippen molar-refractivity contribution in [3.63, 3.8) is 0 Å². The quantitative estimate of drug-likeness (QED) is 0.605. The van der Waals surface area contributed by atoms with E-state index in [0.717, 1.165) is 5.75 Å². The molecule has 1 aromatic rings. The minimum absolute atomic E-state index is 0.250. The van der Waals surface area contributed by atoms with E-state index in [1.807, 2.05) is 30.3 Å². The first-order valence-corrected chi connectivity index (χ1v) is 2.93. The van der Waals surface area contributed by atoms with Crippen molar-refractivity contribution in [3.8, 4) is 5.75 Å². The Labute approximate surface area is 64.6 Å². The van der Waals surface area contributed by atoms with E-state index in [4.69, 9.17) is 14.3 Å². The van der Waals surface area contributed by atoms with Crippen LogP contribution in [0.2, 0.25) is 0 Å². The molecule has 3 nitrogen and oxygen atoms in total. The molecule has 0 aliphatic heterocycles. The molecule has 0 fully saturated rings. The van der Waals surface area contributed by atoms with Crippen LogP contribution in [0.1, 0.15) is 0 Å². The van der Waals surface area contributed by atoms with Gasteiger partial charge in [-0.15, -0.1) is 0 Å². The third kappa shape index (κ3) is 4.88. The van der Waals surface area contributed by atoms with Crippen molar-refractivity contribution in [1.29, 1.82) is 0 Å². The van der Waals surface area contributed by atoms with E-state index in [1.165, 1.54) is 0 Å². The monoisotopic (exact) mass is 152 g/mol. The molecule has 0 aliphatic rings. The van der Waals surface area contributed by atoms with E-state index in [2.05, 4.69) is 0 Å². The first-order chi connectivity index (χ1) is 5.35. The Hall–Kier alpha value is -1.60. The maximum absolute atomic E-state index is 8.12.